The van der Waals surface area contributed by atoms with Crippen molar-refractivity contribution in [1.29, 1.82) is 0 Å². The fourth-order valence-electron chi connectivity index (χ4n) is 2.57. The Bertz CT molecular complexity index is 263. The molecule has 0 amide bonds. The van der Waals surface area contributed by atoms with E-state index in [1.807, 2.05) is 0 Å². The van der Waals surface area contributed by atoms with E-state index in [1.54, 1.807) is 0 Å². The summed E-state index contributed by atoms with van der Waals surface area (Å²) >= 11 is 0. The molecule has 1 aliphatic heterocycles. The summed E-state index contributed by atoms with van der Waals surface area (Å²) in [5.74, 6) is 0.0292. The summed E-state index contributed by atoms with van der Waals surface area (Å²) in [6, 6.07) is 0. The molecule has 1 aliphatic carbocycles. The first kappa shape index (κ1) is 11.8. The van der Waals surface area contributed by atoms with Crippen molar-refractivity contribution in [2.24, 2.45) is 11.8 Å². The molecule has 15 heavy (non-hydrogen) atoms. The van der Waals surface area contributed by atoms with E-state index in [1.165, 1.54) is 0 Å². The Morgan fingerprint density at radius 1 is 1.60 bits per heavy atom. The molecular weight excluding hydrogens is 233 g/mol. The van der Waals surface area contributed by atoms with Crippen molar-refractivity contribution < 1.29 is 19.3 Å². The summed E-state index contributed by atoms with van der Waals surface area (Å²) in [4.78, 5) is 11.1. The van der Waals surface area contributed by atoms with Gasteiger partial charge in [0, 0.05) is 31.0 Å². The molecule has 2 unspecified atom stereocenters. The largest absolute Gasteiger partial charge is 0.462 e. The van der Waals surface area contributed by atoms with Gasteiger partial charge in [0.05, 0.1) is 6.42 Å². The Labute approximate surface area is 93.9 Å². The molecule has 0 bridgehead atoms. The molecule has 1 heterocycles. The molecule has 6 atom stereocenters. The van der Waals surface area contributed by atoms with Crippen LogP contribution in [0.5, 0.6) is 0 Å². The van der Waals surface area contributed by atoms with Crippen LogP contribution in [-0.2, 0) is 14.2 Å². The van der Waals surface area contributed by atoms with E-state index >= 15 is 0 Å². The number of ether oxygens (including phenoxy) is 1. The third kappa shape index (κ3) is 2.36. The van der Waals surface area contributed by atoms with Crippen LogP contribution in [0.2, 0.25) is 0 Å². The SMILES string of the molecule is O=C1C[C@@H]2[C@@H](CO)[C@H](OB(P)P)C[C@@H]2O1. The molecule has 0 aromatic carbocycles. The number of fused-ring (bicyclic) bond motifs is 1. The number of carbonyl (C=O) groups is 1. The number of carbonyl (C=O) groups excluding carboxylic acids is 1. The first-order valence-electron chi connectivity index (χ1n) is 5.08. The smallest absolute Gasteiger partial charge is 0.336 e. The number of aliphatic hydroxyl groups is 1. The van der Waals surface area contributed by atoms with E-state index in [4.69, 9.17) is 9.39 Å². The predicted molar refractivity (Wildman–Crippen MR) is 63.2 cm³/mol. The van der Waals surface area contributed by atoms with Crippen molar-refractivity contribution in [2.45, 2.75) is 25.0 Å². The molecule has 4 nitrogen and oxygen atoms in total. The van der Waals surface area contributed by atoms with Gasteiger partial charge in [-0.15, -0.1) is 18.2 Å². The van der Waals surface area contributed by atoms with Crippen LogP contribution >= 0.6 is 18.2 Å². The highest BCUT2D eigenvalue weighted by atomic mass is 31.1. The second-order valence-corrected chi connectivity index (χ2v) is 6.20. The van der Waals surface area contributed by atoms with E-state index in [0.717, 1.165) is 0 Å². The normalized spacial score (nSPS) is 39.0. The lowest BCUT2D eigenvalue weighted by atomic mass is 9.93. The minimum Gasteiger partial charge on any atom is -0.462 e. The third-order valence-electron chi connectivity index (χ3n) is 3.20. The zero-order valence-corrected chi connectivity index (χ0v) is 10.6. The maximum absolute atomic E-state index is 11.1. The summed E-state index contributed by atoms with van der Waals surface area (Å²) < 4.78 is 10.8. The number of aliphatic hydroxyl groups excluding tert-OH is 1. The third-order valence-corrected chi connectivity index (χ3v) is 3.51. The Kier molecular flexibility index (Phi) is 3.67. The number of hydrogen-bond acceptors (Lipinski definition) is 4. The summed E-state index contributed by atoms with van der Waals surface area (Å²) in [5.41, 5.74) is 0. The lowest BCUT2D eigenvalue weighted by molar-refractivity contribution is -0.141. The van der Waals surface area contributed by atoms with Crippen molar-refractivity contribution in [3.63, 3.8) is 0 Å². The average Bonchev–Trinajstić information content (AvgIpc) is 2.59. The molecule has 1 saturated heterocycles. The van der Waals surface area contributed by atoms with Gasteiger partial charge in [0.2, 0.25) is 0 Å². The molecule has 2 fully saturated rings. The first-order chi connectivity index (χ1) is 7.11. The molecule has 2 aliphatic rings. The van der Waals surface area contributed by atoms with Gasteiger partial charge in [0.1, 0.15) is 6.10 Å². The highest BCUT2D eigenvalue weighted by Crippen LogP contribution is 2.43. The second-order valence-electron chi connectivity index (χ2n) is 4.12. The van der Waals surface area contributed by atoms with E-state index in [2.05, 4.69) is 18.2 Å². The van der Waals surface area contributed by atoms with Crippen molar-refractivity contribution in [3.8, 4) is 0 Å². The average molecular weight is 248 g/mol. The van der Waals surface area contributed by atoms with Crippen LogP contribution in [-0.4, -0.2) is 36.2 Å². The number of hydrogen-bond donors (Lipinski definition) is 1. The summed E-state index contributed by atoms with van der Waals surface area (Å²) in [6.45, 7) is 0.0600. The predicted octanol–water partition coefficient (Wildman–Crippen LogP) is 0.0506. The highest BCUT2D eigenvalue weighted by Gasteiger charge is 2.50. The molecule has 1 saturated carbocycles. The zero-order valence-electron chi connectivity index (χ0n) is 8.33. The Morgan fingerprint density at radius 2 is 2.33 bits per heavy atom. The Morgan fingerprint density at radius 3 is 2.93 bits per heavy atom. The van der Waals surface area contributed by atoms with Gasteiger partial charge in [-0.3, -0.25) is 4.79 Å². The Balaban J connectivity index is 2.03. The maximum Gasteiger partial charge on any atom is 0.336 e. The molecule has 0 aromatic heterocycles. The van der Waals surface area contributed by atoms with Gasteiger partial charge in [-0.25, -0.2) is 0 Å². The number of esters is 1. The monoisotopic (exact) mass is 248 g/mol. The van der Waals surface area contributed by atoms with E-state index in [9.17, 15) is 9.90 Å². The maximum atomic E-state index is 11.1. The summed E-state index contributed by atoms with van der Waals surface area (Å²) in [7, 11) is 5.08. The lowest BCUT2D eigenvalue weighted by Crippen LogP contribution is -2.28. The van der Waals surface area contributed by atoms with Crippen LogP contribution in [0.15, 0.2) is 0 Å². The van der Waals surface area contributed by atoms with Gasteiger partial charge < -0.3 is 14.5 Å². The fraction of sp³-hybridized carbons (Fsp3) is 0.875. The van der Waals surface area contributed by atoms with Crippen LogP contribution in [0.3, 0.4) is 0 Å². The standard InChI is InChI=1S/C8H15BO4P2/c10-3-5-4-1-8(11)12-6(4)2-7(5)13-9(14)15/h4-7,10H,1-3,14-15H2/t4-,5-,6+,7-/m1/s1. The highest BCUT2D eigenvalue weighted by molar-refractivity contribution is 7.92. The quantitative estimate of drug-likeness (QED) is 0.435. The van der Waals surface area contributed by atoms with Crippen molar-refractivity contribution >= 4 is 30.6 Å². The van der Waals surface area contributed by atoms with Gasteiger partial charge in [-0.05, 0) is 0 Å². The van der Waals surface area contributed by atoms with Gasteiger partial charge in [0.25, 0.3) is 0 Å². The first-order valence-corrected chi connectivity index (χ1v) is 6.42. The second kappa shape index (κ2) is 4.67. The summed E-state index contributed by atoms with van der Waals surface area (Å²) in [6.07, 6.45) is 1.07. The van der Waals surface area contributed by atoms with Crippen molar-refractivity contribution in [3.05, 3.63) is 0 Å². The van der Waals surface area contributed by atoms with Crippen molar-refractivity contribution in [1.82, 2.24) is 0 Å². The van der Waals surface area contributed by atoms with Crippen LogP contribution < -0.4 is 0 Å². The molecule has 0 radical (unpaired) electrons. The van der Waals surface area contributed by atoms with Crippen LogP contribution in [0.25, 0.3) is 0 Å². The van der Waals surface area contributed by atoms with Crippen LogP contribution in [0.1, 0.15) is 12.8 Å². The van der Waals surface area contributed by atoms with E-state index < -0.39 is 0 Å². The molecule has 2 rings (SSSR count). The minimum absolute atomic E-state index is 0.00176. The van der Waals surface area contributed by atoms with Gasteiger partial charge in [-0.1, -0.05) is 0 Å². The van der Waals surface area contributed by atoms with Gasteiger partial charge in [0.15, 0.2) is 0 Å². The molecule has 84 valence electrons. The molecule has 0 aromatic rings. The minimum atomic E-state index is -0.143. The molecular formula is C8H15BO4P2. The molecule has 1 N–H and O–H groups in total. The number of rotatable bonds is 3. The fourth-order valence-corrected chi connectivity index (χ4v) is 2.97. The van der Waals surface area contributed by atoms with Crippen LogP contribution in [0.4, 0.5) is 0 Å². The van der Waals surface area contributed by atoms with Gasteiger partial charge in [-0.2, -0.15) is 0 Å². The summed E-state index contributed by atoms with van der Waals surface area (Å²) in [5, 5.41) is 9.32. The lowest BCUT2D eigenvalue weighted by Gasteiger charge is -2.22. The van der Waals surface area contributed by atoms with Crippen molar-refractivity contribution in [2.75, 3.05) is 6.61 Å². The molecule has 7 heteroatoms. The van der Waals surface area contributed by atoms with Crippen LogP contribution in [0, 0.1) is 11.8 Å². The zero-order chi connectivity index (χ0) is 11.0. The Hall–Kier alpha value is 0.315. The van der Waals surface area contributed by atoms with E-state index in [0.29, 0.717) is 12.8 Å². The van der Waals surface area contributed by atoms with Gasteiger partial charge >= 0.3 is 12.3 Å². The van der Waals surface area contributed by atoms with E-state index in [-0.39, 0.29) is 43.0 Å². The topological polar surface area (TPSA) is 55.8 Å². The molecule has 0 spiro atoms.